The average molecular weight is 473 g/mol. The second-order valence-electron chi connectivity index (χ2n) is 8.69. The van der Waals surface area contributed by atoms with Crippen LogP contribution in [0.5, 0.6) is 17.2 Å². The third-order valence-electron chi connectivity index (χ3n) is 6.66. The molecule has 2 aromatic rings. The molecule has 3 aliphatic heterocycles. The highest BCUT2D eigenvalue weighted by Gasteiger charge is 2.35. The molecule has 2 aromatic carbocycles. The van der Waals surface area contributed by atoms with Crippen molar-refractivity contribution in [3.63, 3.8) is 0 Å². The molecule has 176 valence electrons. The zero-order valence-corrected chi connectivity index (χ0v) is 19.6. The van der Waals surface area contributed by atoms with Crippen molar-refractivity contribution in [2.45, 2.75) is 37.2 Å². The van der Waals surface area contributed by atoms with Crippen LogP contribution in [0.2, 0.25) is 0 Å². The van der Waals surface area contributed by atoms with Crippen LogP contribution in [0.3, 0.4) is 0 Å². The lowest BCUT2D eigenvalue weighted by Gasteiger charge is -2.34. The molecule has 1 saturated heterocycles. The highest BCUT2D eigenvalue weighted by molar-refractivity contribution is 7.89. The molecule has 9 heteroatoms. The minimum absolute atomic E-state index is 0.0197. The van der Waals surface area contributed by atoms with Gasteiger partial charge in [0.25, 0.3) is 5.91 Å². The van der Waals surface area contributed by atoms with E-state index in [1.54, 1.807) is 23.1 Å². The molecule has 3 aliphatic rings. The number of carbonyl (C=O) groups excluding carboxylic acids is 1. The van der Waals surface area contributed by atoms with E-state index in [0.717, 1.165) is 12.0 Å². The zero-order valence-electron chi connectivity index (χ0n) is 18.8. The number of nitrogens with zero attached hydrogens (tertiary/aromatic N) is 2. The van der Waals surface area contributed by atoms with Gasteiger partial charge in [-0.25, -0.2) is 8.42 Å². The quantitative estimate of drug-likeness (QED) is 0.683. The van der Waals surface area contributed by atoms with Gasteiger partial charge in [0, 0.05) is 50.1 Å². The molecular formula is C24H28N2O6S. The normalized spacial score (nSPS) is 22.9. The van der Waals surface area contributed by atoms with Gasteiger partial charge in [0.1, 0.15) is 11.9 Å². The smallest absolute Gasteiger partial charge is 0.257 e. The zero-order chi connectivity index (χ0) is 23.2. The lowest BCUT2D eigenvalue weighted by molar-refractivity contribution is 0.0692. The Balaban J connectivity index is 1.30. The van der Waals surface area contributed by atoms with Crippen LogP contribution in [-0.4, -0.2) is 69.0 Å². The summed E-state index contributed by atoms with van der Waals surface area (Å²) >= 11 is 0. The van der Waals surface area contributed by atoms with Crippen molar-refractivity contribution >= 4 is 15.9 Å². The molecule has 0 bridgehead atoms. The van der Waals surface area contributed by atoms with Gasteiger partial charge >= 0.3 is 0 Å². The second-order valence-corrected chi connectivity index (χ2v) is 10.6. The standard InChI is InChI=1S/C24H28N2O6S/c1-16-17(2)32-23-19(16)5-3-6-20(23)24(27)25-9-11-26(12-10-25)33(28,29)18-7-8-21-22(15-18)31-14-4-13-30-21/h3,5-8,15-17H,4,9-14H2,1-2H3/t16-,17-/m1/s1. The Labute approximate surface area is 194 Å². The third-order valence-corrected chi connectivity index (χ3v) is 8.55. The van der Waals surface area contributed by atoms with Gasteiger partial charge in [-0.05, 0) is 25.1 Å². The summed E-state index contributed by atoms with van der Waals surface area (Å²) in [7, 11) is -3.71. The predicted octanol–water partition coefficient (Wildman–Crippen LogP) is 2.88. The van der Waals surface area contributed by atoms with E-state index in [0.29, 0.717) is 49.1 Å². The number of benzene rings is 2. The van der Waals surface area contributed by atoms with Crippen molar-refractivity contribution in [2.24, 2.45) is 0 Å². The molecule has 2 atom stereocenters. The van der Waals surface area contributed by atoms with E-state index >= 15 is 0 Å². The number of amides is 1. The SMILES string of the molecule is C[C@H]1Oc2c(C(=O)N3CCN(S(=O)(=O)c4ccc5c(c4)OCCCO5)CC3)cccc2[C@@H]1C. The molecule has 8 nitrogen and oxygen atoms in total. The van der Waals surface area contributed by atoms with Crippen LogP contribution < -0.4 is 14.2 Å². The highest BCUT2D eigenvalue weighted by Crippen LogP contribution is 2.40. The first kappa shape index (κ1) is 22.0. The summed E-state index contributed by atoms with van der Waals surface area (Å²) in [5.74, 6) is 1.77. The first-order valence-corrected chi connectivity index (χ1v) is 12.8. The fourth-order valence-corrected chi connectivity index (χ4v) is 5.95. The third kappa shape index (κ3) is 3.93. The van der Waals surface area contributed by atoms with Crippen molar-refractivity contribution in [3.05, 3.63) is 47.5 Å². The summed E-state index contributed by atoms with van der Waals surface area (Å²) in [6.07, 6.45) is 0.770. The summed E-state index contributed by atoms with van der Waals surface area (Å²) in [4.78, 5) is 15.1. The van der Waals surface area contributed by atoms with Crippen LogP contribution in [0.4, 0.5) is 0 Å². The van der Waals surface area contributed by atoms with Crippen molar-refractivity contribution < 1.29 is 27.4 Å². The Bertz CT molecular complexity index is 1170. The van der Waals surface area contributed by atoms with Gasteiger partial charge in [-0.1, -0.05) is 19.1 Å². The molecule has 0 unspecified atom stereocenters. The van der Waals surface area contributed by atoms with E-state index in [9.17, 15) is 13.2 Å². The lowest BCUT2D eigenvalue weighted by atomic mass is 9.96. The number of fused-ring (bicyclic) bond motifs is 2. The van der Waals surface area contributed by atoms with Crippen molar-refractivity contribution in [1.82, 2.24) is 9.21 Å². The van der Waals surface area contributed by atoms with Crippen LogP contribution in [0.1, 0.15) is 42.1 Å². The lowest BCUT2D eigenvalue weighted by Crippen LogP contribution is -2.50. The number of ether oxygens (including phenoxy) is 3. The Morgan fingerprint density at radius 2 is 1.70 bits per heavy atom. The van der Waals surface area contributed by atoms with Gasteiger partial charge in [0.2, 0.25) is 10.0 Å². The summed E-state index contributed by atoms with van der Waals surface area (Å²) in [5.41, 5.74) is 1.59. The topological polar surface area (TPSA) is 85.4 Å². The first-order valence-electron chi connectivity index (χ1n) is 11.3. The summed E-state index contributed by atoms with van der Waals surface area (Å²) in [5, 5.41) is 0. The molecular weight excluding hydrogens is 444 g/mol. The Hall–Kier alpha value is -2.78. The van der Waals surface area contributed by atoms with E-state index in [2.05, 4.69) is 6.92 Å². The van der Waals surface area contributed by atoms with Gasteiger partial charge in [0.05, 0.1) is 23.7 Å². The minimum Gasteiger partial charge on any atom is -0.490 e. The molecule has 5 rings (SSSR count). The van der Waals surface area contributed by atoms with E-state index in [1.807, 2.05) is 19.1 Å². The first-order chi connectivity index (χ1) is 15.9. The van der Waals surface area contributed by atoms with Gasteiger partial charge in [-0.15, -0.1) is 0 Å². The Kier molecular flexibility index (Phi) is 5.70. The number of sulfonamides is 1. The van der Waals surface area contributed by atoms with Crippen LogP contribution in [0.15, 0.2) is 41.3 Å². The van der Waals surface area contributed by atoms with Gasteiger partial charge < -0.3 is 19.1 Å². The van der Waals surface area contributed by atoms with Crippen molar-refractivity contribution in [3.8, 4) is 17.2 Å². The van der Waals surface area contributed by atoms with Crippen LogP contribution >= 0.6 is 0 Å². The number of piperazine rings is 1. The maximum Gasteiger partial charge on any atom is 0.257 e. The Morgan fingerprint density at radius 3 is 2.45 bits per heavy atom. The molecule has 0 aromatic heterocycles. The number of hydrogen-bond donors (Lipinski definition) is 0. The number of hydrogen-bond acceptors (Lipinski definition) is 6. The van der Waals surface area contributed by atoms with Gasteiger partial charge in [-0.3, -0.25) is 4.79 Å². The molecule has 0 saturated carbocycles. The largest absolute Gasteiger partial charge is 0.490 e. The van der Waals surface area contributed by atoms with E-state index in [4.69, 9.17) is 14.2 Å². The summed E-state index contributed by atoms with van der Waals surface area (Å²) < 4.78 is 45.1. The van der Waals surface area contributed by atoms with Gasteiger partial charge in [-0.2, -0.15) is 4.31 Å². The molecule has 33 heavy (non-hydrogen) atoms. The van der Waals surface area contributed by atoms with E-state index in [1.165, 1.54) is 10.4 Å². The maximum atomic E-state index is 13.2. The van der Waals surface area contributed by atoms with Crippen LogP contribution in [0, 0.1) is 0 Å². The molecule has 1 fully saturated rings. The van der Waals surface area contributed by atoms with E-state index in [-0.39, 0.29) is 35.9 Å². The summed E-state index contributed by atoms with van der Waals surface area (Å²) in [6, 6.07) is 10.4. The molecule has 0 aliphatic carbocycles. The monoisotopic (exact) mass is 472 g/mol. The van der Waals surface area contributed by atoms with Crippen molar-refractivity contribution in [2.75, 3.05) is 39.4 Å². The molecule has 3 heterocycles. The van der Waals surface area contributed by atoms with Gasteiger partial charge in [0.15, 0.2) is 11.5 Å². The molecule has 0 N–H and O–H groups in total. The van der Waals surface area contributed by atoms with Crippen LogP contribution in [0.25, 0.3) is 0 Å². The molecule has 0 radical (unpaired) electrons. The van der Waals surface area contributed by atoms with Crippen molar-refractivity contribution in [1.29, 1.82) is 0 Å². The average Bonchev–Trinajstić information content (AvgIpc) is 2.99. The number of rotatable bonds is 3. The number of carbonyl (C=O) groups is 1. The van der Waals surface area contributed by atoms with E-state index < -0.39 is 10.0 Å². The highest BCUT2D eigenvalue weighted by atomic mass is 32.2. The second kappa shape index (κ2) is 8.53. The molecule has 0 spiro atoms. The fourth-order valence-electron chi connectivity index (χ4n) is 4.51. The molecule has 1 amide bonds. The fraction of sp³-hybridized carbons (Fsp3) is 0.458. The predicted molar refractivity (Wildman–Crippen MR) is 122 cm³/mol. The van der Waals surface area contributed by atoms with Crippen LogP contribution in [-0.2, 0) is 10.0 Å². The number of para-hydroxylation sites is 1. The minimum atomic E-state index is -3.71. The Morgan fingerprint density at radius 1 is 0.970 bits per heavy atom. The summed E-state index contributed by atoms with van der Waals surface area (Å²) in [6.45, 7) is 6.21. The maximum absolute atomic E-state index is 13.2.